The minimum atomic E-state index is -1.83. The van der Waals surface area contributed by atoms with Crippen molar-refractivity contribution >= 4 is 39.6 Å². The number of aromatic nitrogens is 2. The predicted octanol–water partition coefficient (Wildman–Crippen LogP) is 13.3. The maximum atomic E-state index is 6.42. The molecule has 5 heteroatoms. The zero-order chi connectivity index (χ0) is 37.8. The second-order valence-electron chi connectivity index (χ2n) is 16.0. The maximum absolute atomic E-state index is 6.42. The molecule has 1 aliphatic rings. The summed E-state index contributed by atoms with van der Waals surface area (Å²) in [5.74, 6) is 8.03. The number of nitrogens with zero attached hydrogens (tertiary/aromatic N) is 2. The van der Waals surface area contributed by atoms with Crippen molar-refractivity contribution in [2.24, 2.45) is 5.92 Å². The molecule has 1 aliphatic carbocycles. The molecular formula is C51H48GeIrN2O-2. The van der Waals surface area contributed by atoms with Gasteiger partial charge < -0.3 is 9.40 Å². The van der Waals surface area contributed by atoms with E-state index >= 15 is 0 Å². The van der Waals surface area contributed by atoms with Crippen molar-refractivity contribution in [3.63, 3.8) is 0 Å². The number of fused-ring (bicyclic) bond motifs is 3. The fourth-order valence-corrected chi connectivity index (χ4v) is 11.7. The number of benzene rings is 5. The van der Waals surface area contributed by atoms with Gasteiger partial charge in [-0.25, -0.2) is 0 Å². The number of furan rings is 1. The van der Waals surface area contributed by atoms with Gasteiger partial charge in [-0.05, 0) is 41.3 Å². The van der Waals surface area contributed by atoms with Crippen LogP contribution in [0.15, 0.2) is 144 Å². The monoisotopic (exact) mass is 971 g/mol. The Morgan fingerprint density at radius 1 is 0.679 bits per heavy atom. The Hall–Kier alpha value is -4.61. The normalized spacial score (nSPS) is 13.2. The van der Waals surface area contributed by atoms with Crippen LogP contribution in [0.2, 0.25) is 17.3 Å². The van der Waals surface area contributed by atoms with E-state index in [2.05, 4.69) is 152 Å². The molecule has 1 saturated carbocycles. The van der Waals surface area contributed by atoms with E-state index in [1.165, 1.54) is 64.3 Å². The quantitative estimate of drug-likeness (QED) is 0.118. The predicted molar refractivity (Wildman–Crippen MR) is 233 cm³/mol. The molecule has 9 rings (SSSR count). The van der Waals surface area contributed by atoms with E-state index in [9.17, 15) is 0 Å². The van der Waals surface area contributed by atoms with Gasteiger partial charge in [0.05, 0.1) is 5.58 Å². The SMILES string of the molecule is Cc1cc(-c2[c-]cc(-c3ccccc3)cc2)nc[c]1[Ge]([CH3])([CH3])[CH3].[Ir].[c-]1ccc2c(oc3cc(-c4ccccc4)ccc32)c1-c1cc(CC2CCCCC2)ccn1. The van der Waals surface area contributed by atoms with Crippen molar-refractivity contribution < 1.29 is 24.5 Å². The van der Waals surface area contributed by atoms with Gasteiger partial charge in [0.25, 0.3) is 0 Å². The average Bonchev–Trinajstić information content (AvgIpc) is 3.60. The summed E-state index contributed by atoms with van der Waals surface area (Å²) < 4.78 is 7.90. The van der Waals surface area contributed by atoms with E-state index in [0.717, 1.165) is 62.4 Å². The third-order valence-electron chi connectivity index (χ3n) is 11.0. The number of hydrogen-bond acceptors (Lipinski definition) is 3. The average molecular weight is 970 g/mol. The summed E-state index contributed by atoms with van der Waals surface area (Å²) in [6.07, 6.45) is 12.0. The standard InChI is InChI=1S/C30H26NO.C21H22GeN.Ir/c1-3-8-21(9-4-1)18-22-16-17-31-28(19-22)27-13-7-12-26-25-15-14-24(20-29(25)32-30(26)27)23-10-5-2-6-11-23;1-16-14-21(23-15-20(16)22(2,3)4)19-12-10-18(11-13-19)17-8-6-5-7-9-17;/h2,5-7,10-12,14-17,19-21H,1,3-4,8-9,18H2;5-12,14-15H,1-4H3;/q2*-1;. The second kappa shape index (κ2) is 17.7. The fraction of sp³-hybridized carbons (Fsp3) is 0.216. The zero-order valence-electron chi connectivity index (χ0n) is 32.7. The molecule has 0 aliphatic heterocycles. The Balaban J connectivity index is 0.000000178. The molecule has 0 amide bonds. The van der Waals surface area contributed by atoms with E-state index in [0.29, 0.717) is 0 Å². The van der Waals surface area contributed by atoms with Crippen LogP contribution in [0.25, 0.3) is 66.7 Å². The largest absolute Gasteiger partial charge is 0.501 e. The Morgan fingerprint density at radius 3 is 2.07 bits per heavy atom. The van der Waals surface area contributed by atoms with Gasteiger partial charge in [0, 0.05) is 31.7 Å². The minimum absolute atomic E-state index is 0. The molecule has 0 spiro atoms. The van der Waals surface area contributed by atoms with Crippen LogP contribution < -0.4 is 4.40 Å². The van der Waals surface area contributed by atoms with Crippen LogP contribution in [0.3, 0.4) is 0 Å². The zero-order valence-corrected chi connectivity index (χ0v) is 37.2. The Labute approximate surface area is 348 Å². The van der Waals surface area contributed by atoms with Crippen LogP contribution in [-0.2, 0) is 26.5 Å². The molecule has 3 heterocycles. The molecule has 5 aromatic carbocycles. The maximum Gasteiger partial charge on any atom is 0.121 e. The summed E-state index contributed by atoms with van der Waals surface area (Å²) in [5.41, 5.74) is 13.2. The first-order valence-corrected chi connectivity index (χ1v) is 27.1. The molecule has 0 atom stereocenters. The summed E-state index contributed by atoms with van der Waals surface area (Å²) in [6, 6.07) is 51.1. The van der Waals surface area contributed by atoms with Crippen LogP contribution in [-0.4, -0.2) is 23.2 Å². The van der Waals surface area contributed by atoms with Gasteiger partial charge in [-0.2, -0.15) is 0 Å². The van der Waals surface area contributed by atoms with Crippen LogP contribution in [0.5, 0.6) is 0 Å². The van der Waals surface area contributed by atoms with E-state index in [4.69, 9.17) is 14.4 Å². The first kappa shape index (κ1) is 39.6. The molecule has 3 aromatic heterocycles. The number of aryl methyl sites for hydroxylation is 1. The van der Waals surface area contributed by atoms with Gasteiger partial charge >= 0.3 is 142 Å². The second-order valence-corrected chi connectivity index (χ2v) is 26.6. The van der Waals surface area contributed by atoms with Crippen molar-refractivity contribution in [3.05, 3.63) is 163 Å². The topological polar surface area (TPSA) is 38.9 Å². The molecule has 0 bridgehead atoms. The van der Waals surface area contributed by atoms with Crippen molar-refractivity contribution in [1.82, 2.24) is 9.97 Å². The van der Waals surface area contributed by atoms with E-state index in [1.54, 1.807) is 0 Å². The smallest absolute Gasteiger partial charge is 0.121 e. The first-order chi connectivity index (χ1) is 26.8. The van der Waals surface area contributed by atoms with Crippen LogP contribution >= 0.6 is 0 Å². The van der Waals surface area contributed by atoms with Gasteiger partial charge in [-0.3, -0.25) is 0 Å². The van der Waals surface area contributed by atoms with Crippen LogP contribution in [0, 0.1) is 25.0 Å². The van der Waals surface area contributed by atoms with E-state index < -0.39 is 13.3 Å². The van der Waals surface area contributed by atoms with Crippen LogP contribution in [0.1, 0.15) is 43.2 Å². The molecule has 1 radical (unpaired) electrons. The fourth-order valence-electron chi connectivity index (χ4n) is 8.09. The Bertz CT molecular complexity index is 2530. The van der Waals surface area contributed by atoms with Crippen molar-refractivity contribution in [2.75, 3.05) is 0 Å². The summed E-state index contributed by atoms with van der Waals surface area (Å²) in [4.78, 5) is 9.39. The summed E-state index contributed by atoms with van der Waals surface area (Å²) in [7, 11) is 0. The van der Waals surface area contributed by atoms with Crippen LogP contribution in [0.4, 0.5) is 0 Å². The van der Waals surface area contributed by atoms with Crippen molar-refractivity contribution in [3.8, 4) is 44.8 Å². The summed E-state index contributed by atoms with van der Waals surface area (Å²) in [5, 5.41) is 2.25. The molecular weight excluding hydrogens is 921 g/mol. The number of rotatable bonds is 7. The van der Waals surface area contributed by atoms with Crippen molar-refractivity contribution in [1.29, 1.82) is 0 Å². The summed E-state index contributed by atoms with van der Waals surface area (Å²) >= 11 is -1.83. The van der Waals surface area contributed by atoms with E-state index in [-0.39, 0.29) is 20.1 Å². The minimum Gasteiger partial charge on any atom is -0.501 e. The first-order valence-electron chi connectivity index (χ1n) is 19.7. The van der Waals surface area contributed by atoms with Gasteiger partial charge in [0.1, 0.15) is 5.58 Å². The number of hydrogen-bond donors (Lipinski definition) is 0. The third-order valence-corrected chi connectivity index (χ3v) is 15.5. The van der Waals surface area contributed by atoms with Gasteiger partial charge in [-0.1, -0.05) is 97.1 Å². The third kappa shape index (κ3) is 9.00. The molecule has 8 aromatic rings. The van der Waals surface area contributed by atoms with E-state index in [1.807, 2.05) is 24.4 Å². The van der Waals surface area contributed by atoms with Gasteiger partial charge in [0.15, 0.2) is 0 Å². The van der Waals surface area contributed by atoms with Gasteiger partial charge in [0.2, 0.25) is 0 Å². The molecule has 0 N–H and O–H groups in total. The summed E-state index contributed by atoms with van der Waals surface area (Å²) in [6.45, 7) is 2.20. The Kier molecular flexibility index (Phi) is 12.5. The molecule has 1 fully saturated rings. The number of pyridine rings is 2. The van der Waals surface area contributed by atoms with Gasteiger partial charge in [-0.15, -0.1) is 18.2 Å². The molecule has 56 heavy (non-hydrogen) atoms. The molecule has 0 unspecified atom stereocenters. The molecule has 3 nitrogen and oxygen atoms in total. The van der Waals surface area contributed by atoms with Crippen molar-refractivity contribution in [2.45, 2.75) is 62.7 Å². The Morgan fingerprint density at radius 2 is 1.39 bits per heavy atom. The molecule has 283 valence electrons. The molecule has 0 saturated heterocycles.